The van der Waals surface area contributed by atoms with Crippen LogP contribution in [0.4, 0.5) is 0 Å². The Labute approximate surface area is 101 Å². The molecule has 4 heteroatoms. The van der Waals surface area contributed by atoms with Crippen LogP contribution in [-0.4, -0.2) is 17.2 Å². The van der Waals surface area contributed by atoms with Gasteiger partial charge in [-0.2, -0.15) is 4.98 Å². The monoisotopic (exact) mass is 231 g/mol. The molecule has 0 atom stereocenters. The third-order valence-corrected chi connectivity index (χ3v) is 2.97. The van der Waals surface area contributed by atoms with E-state index in [-0.39, 0.29) is 5.54 Å². The fourth-order valence-electron chi connectivity index (χ4n) is 1.52. The van der Waals surface area contributed by atoms with E-state index in [0.29, 0.717) is 11.7 Å². The summed E-state index contributed by atoms with van der Waals surface area (Å²) in [7, 11) is 1.87. The highest BCUT2D eigenvalue weighted by atomic mass is 16.5. The predicted octanol–water partition coefficient (Wildman–Crippen LogP) is 2.50. The van der Waals surface area contributed by atoms with Crippen molar-refractivity contribution in [2.75, 3.05) is 7.05 Å². The number of nitrogens with zero attached hydrogens (tertiary/aromatic N) is 2. The van der Waals surface area contributed by atoms with Crippen LogP contribution < -0.4 is 5.32 Å². The Hall–Kier alpha value is -1.68. The molecule has 1 aromatic heterocycles. The van der Waals surface area contributed by atoms with Gasteiger partial charge < -0.3 is 9.84 Å². The number of benzene rings is 1. The van der Waals surface area contributed by atoms with Crippen LogP contribution in [0.25, 0.3) is 11.4 Å². The summed E-state index contributed by atoms with van der Waals surface area (Å²) in [6.07, 6.45) is 0. The largest absolute Gasteiger partial charge is 0.337 e. The summed E-state index contributed by atoms with van der Waals surface area (Å²) >= 11 is 0. The highest BCUT2D eigenvalue weighted by molar-refractivity contribution is 5.59. The molecule has 0 unspecified atom stereocenters. The molecule has 0 aliphatic rings. The average Bonchev–Trinajstić information content (AvgIpc) is 2.79. The standard InChI is InChI=1S/C13H17N3O/c1-9-7-5-6-8-10(9)11-15-12(17-16-11)13(2,3)14-4/h5-8,14H,1-4H3. The Balaban J connectivity index is 2.40. The Morgan fingerprint density at radius 2 is 1.94 bits per heavy atom. The van der Waals surface area contributed by atoms with Crippen molar-refractivity contribution in [3.63, 3.8) is 0 Å². The Kier molecular flexibility index (Phi) is 2.98. The van der Waals surface area contributed by atoms with E-state index < -0.39 is 0 Å². The first-order valence-electron chi connectivity index (χ1n) is 5.63. The first-order chi connectivity index (χ1) is 8.04. The van der Waals surface area contributed by atoms with Crippen LogP contribution in [0.2, 0.25) is 0 Å². The van der Waals surface area contributed by atoms with Crippen molar-refractivity contribution in [1.29, 1.82) is 0 Å². The van der Waals surface area contributed by atoms with Gasteiger partial charge in [-0.15, -0.1) is 0 Å². The van der Waals surface area contributed by atoms with Crippen LogP contribution in [0, 0.1) is 6.92 Å². The van der Waals surface area contributed by atoms with Gasteiger partial charge in [-0.25, -0.2) is 0 Å². The summed E-state index contributed by atoms with van der Waals surface area (Å²) in [5.41, 5.74) is 1.84. The normalized spacial score (nSPS) is 11.8. The second-order valence-corrected chi connectivity index (χ2v) is 4.61. The second-order valence-electron chi connectivity index (χ2n) is 4.61. The third kappa shape index (κ3) is 2.22. The van der Waals surface area contributed by atoms with Gasteiger partial charge in [0.1, 0.15) is 0 Å². The van der Waals surface area contributed by atoms with Gasteiger partial charge in [0.05, 0.1) is 5.54 Å². The molecule has 0 radical (unpaired) electrons. The van der Waals surface area contributed by atoms with Crippen molar-refractivity contribution < 1.29 is 4.52 Å². The van der Waals surface area contributed by atoms with Gasteiger partial charge in [0.15, 0.2) is 0 Å². The van der Waals surface area contributed by atoms with Gasteiger partial charge in [0, 0.05) is 5.56 Å². The molecule has 0 spiro atoms. The smallest absolute Gasteiger partial charge is 0.246 e. The maximum atomic E-state index is 5.31. The van der Waals surface area contributed by atoms with E-state index in [1.165, 1.54) is 0 Å². The van der Waals surface area contributed by atoms with Crippen LogP contribution in [0.15, 0.2) is 28.8 Å². The molecule has 0 amide bonds. The van der Waals surface area contributed by atoms with Gasteiger partial charge in [-0.05, 0) is 33.4 Å². The van der Waals surface area contributed by atoms with E-state index >= 15 is 0 Å². The number of hydrogen-bond donors (Lipinski definition) is 1. The van der Waals surface area contributed by atoms with E-state index in [9.17, 15) is 0 Å². The van der Waals surface area contributed by atoms with E-state index in [2.05, 4.69) is 15.5 Å². The first kappa shape index (κ1) is 11.8. The zero-order chi connectivity index (χ0) is 12.5. The minimum absolute atomic E-state index is 0.312. The molecule has 4 nitrogen and oxygen atoms in total. The maximum Gasteiger partial charge on any atom is 0.246 e. The van der Waals surface area contributed by atoms with Crippen molar-refractivity contribution in [3.8, 4) is 11.4 Å². The molecule has 1 aromatic carbocycles. The van der Waals surface area contributed by atoms with E-state index in [1.54, 1.807) is 0 Å². The molecule has 2 rings (SSSR count). The molecule has 0 fully saturated rings. The molecular weight excluding hydrogens is 214 g/mol. The lowest BCUT2D eigenvalue weighted by Gasteiger charge is -2.17. The lowest BCUT2D eigenvalue weighted by molar-refractivity contribution is 0.281. The molecule has 2 aromatic rings. The van der Waals surface area contributed by atoms with Crippen molar-refractivity contribution in [1.82, 2.24) is 15.5 Å². The fraction of sp³-hybridized carbons (Fsp3) is 0.385. The van der Waals surface area contributed by atoms with Crippen LogP contribution in [-0.2, 0) is 5.54 Å². The molecule has 1 N–H and O–H groups in total. The van der Waals surface area contributed by atoms with Gasteiger partial charge in [0.2, 0.25) is 11.7 Å². The molecule has 90 valence electrons. The lowest BCUT2D eigenvalue weighted by Crippen LogP contribution is -2.33. The molecule has 0 saturated heterocycles. The molecule has 0 saturated carbocycles. The Bertz CT molecular complexity index is 517. The summed E-state index contributed by atoms with van der Waals surface area (Å²) in [4.78, 5) is 4.44. The highest BCUT2D eigenvalue weighted by Gasteiger charge is 2.25. The third-order valence-electron chi connectivity index (χ3n) is 2.97. The van der Waals surface area contributed by atoms with Crippen molar-refractivity contribution >= 4 is 0 Å². The summed E-state index contributed by atoms with van der Waals surface area (Å²) in [6.45, 7) is 6.04. The van der Waals surface area contributed by atoms with Crippen LogP contribution in [0.1, 0.15) is 25.3 Å². The summed E-state index contributed by atoms with van der Waals surface area (Å²) in [6, 6.07) is 8.00. The second kappa shape index (κ2) is 4.30. The average molecular weight is 231 g/mol. The number of nitrogens with one attached hydrogen (secondary N) is 1. The fourth-order valence-corrected chi connectivity index (χ4v) is 1.52. The first-order valence-corrected chi connectivity index (χ1v) is 5.63. The van der Waals surface area contributed by atoms with Crippen LogP contribution in [0.3, 0.4) is 0 Å². The zero-order valence-electron chi connectivity index (χ0n) is 10.6. The molecule has 0 aliphatic carbocycles. The molecule has 0 aliphatic heterocycles. The molecule has 1 heterocycles. The van der Waals surface area contributed by atoms with Crippen molar-refractivity contribution in [2.45, 2.75) is 26.3 Å². The van der Waals surface area contributed by atoms with E-state index in [4.69, 9.17) is 4.52 Å². The number of hydrogen-bond acceptors (Lipinski definition) is 4. The quantitative estimate of drug-likeness (QED) is 0.881. The minimum atomic E-state index is -0.312. The number of rotatable bonds is 3. The lowest BCUT2D eigenvalue weighted by atomic mass is 10.1. The molecular formula is C13H17N3O. The van der Waals surface area contributed by atoms with E-state index in [0.717, 1.165) is 11.1 Å². The topological polar surface area (TPSA) is 51.0 Å². The zero-order valence-corrected chi connectivity index (χ0v) is 10.6. The van der Waals surface area contributed by atoms with E-state index in [1.807, 2.05) is 52.1 Å². The summed E-state index contributed by atoms with van der Waals surface area (Å²) in [5, 5.41) is 7.18. The Morgan fingerprint density at radius 1 is 1.24 bits per heavy atom. The van der Waals surface area contributed by atoms with Crippen LogP contribution in [0.5, 0.6) is 0 Å². The SMILES string of the molecule is CNC(C)(C)c1nc(-c2ccccc2C)no1. The van der Waals surface area contributed by atoms with Gasteiger partial charge in [0.25, 0.3) is 0 Å². The van der Waals surface area contributed by atoms with Crippen molar-refractivity contribution in [3.05, 3.63) is 35.7 Å². The van der Waals surface area contributed by atoms with Crippen molar-refractivity contribution in [2.24, 2.45) is 0 Å². The minimum Gasteiger partial charge on any atom is -0.337 e. The molecule has 0 bridgehead atoms. The van der Waals surface area contributed by atoms with Gasteiger partial charge in [-0.1, -0.05) is 29.4 Å². The summed E-state index contributed by atoms with van der Waals surface area (Å²) < 4.78 is 5.31. The highest BCUT2D eigenvalue weighted by Crippen LogP contribution is 2.23. The predicted molar refractivity (Wildman–Crippen MR) is 66.6 cm³/mol. The van der Waals surface area contributed by atoms with Crippen LogP contribution >= 0.6 is 0 Å². The maximum absolute atomic E-state index is 5.31. The number of aryl methyl sites for hydroxylation is 1. The van der Waals surface area contributed by atoms with Gasteiger partial charge in [-0.3, -0.25) is 0 Å². The Morgan fingerprint density at radius 3 is 2.59 bits per heavy atom. The number of aromatic nitrogens is 2. The van der Waals surface area contributed by atoms with Gasteiger partial charge >= 0.3 is 0 Å². The summed E-state index contributed by atoms with van der Waals surface area (Å²) in [5.74, 6) is 1.24. The molecule has 17 heavy (non-hydrogen) atoms.